The zero-order valence-corrected chi connectivity index (χ0v) is 37.3. The second kappa shape index (κ2) is 17.7. The van der Waals surface area contributed by atoms with Crippen molar-refractivity contribution < 1.29 is 19.9 Å². The van der Waals surface area contributed by atoms with Crippen molar-refractivity contribution in [3.8, 4) is 55.6 Å². The molecule has 8 nitrogen and oxygen atoms in total. The van der Waals surface area contributed by atoms with Crippen molar-refractivity contribution in [3.05, 3.63) is 229 Å². The Kier molecular flexibility index (Phi) is 12.0. The van der Waals surface area contributed by atoms with Crippen LogP contribution in [0.2, 0.25) is 0 Å². The van der Waals surface area contributed by atoms with E-state index in [9.17, 15) is 30.3 Å². The Morgan fingerprint density at radius 1 is 0.422 bits per heavy atom. The first-order valence-corrected chi connectivity index (χ1v) is 21.6. The first-order chi connectivity index (χ1) is 30.7. The molecule has 0 atom stereocenters. The van der Waals surface area contributed by atoms with Crippen LogP contribution in [0.15, 0.2) is 186 Å². The van der Waals surface area contributed by atoms with E-state index in [1.54, 1.807) is 30.3 Å². The zero-order valence-electron chi connectivity index (χ0n) is 35.7. The second-order valence-electron chi connectivity index (χ2n) is 16.9. The predicted molar refractivity (Wildman–Crippen MR) is 262 cm³/mol. The van der Waals surface area contributed by atoms with Crippen molar-refractivity contribution in [1.29, 1.82) is 0 Å². The number of halogens is 1. The van der Waals surface area contributed by atoms with Crippen LogP contribution in [0.5, 0.6) is 0 Å². The van der Waals surface area contributed by atoms with Crippen molar-refractivity contribution in [1.82, 2.24) is 0 Å². The maximum absolute atomic E-state index is 11.4. The molecule has 0 aliphatic heterocycles. The molecule has 10 heteroatoms. The highest BCUT2D eigenvalue weighted by molar-refractivity contribution is 9.10. The first-order valence-electron chi connectivity index (χ1n) is 20.8. The molecular weight excluding hydrogens is 863 g/mol. The number of nitro benzene ring substituents is 2. The quantitative estimate of drug-likeness (QED) is 0.0972. The van der Waals surface area contributed by atoms with Gasteiger partial charge in [-0.05, 0) is 96.0 Å². The SMILES string of the molecule is CC1(C)c2ccccc2-c2ccc(-c3ccc([N+](=O)[O-])cc3-c3ccccc3)cc21.CC1(C)c2ccccc2-c2ccc(B(O)O)cc21.O=[N+]([O-])c1ccc(Br)c(-c2ccccc2)c1. The summed E-state index contributed by atoms with van der Waals surface area (Å²) in [7, 11) is -1.41. The molecule has 0 amide bonds. The summed E-state index contributed by atoms with van der Waals surface area (Å²) in [5.41, 5.74) is 16.4. The summed E-state index contributed by atoms with van der Waals surface area (Å²) in [6.07, 6.45) is 0. The van der Waals surface area contributed by atoms with E-state index in [2.05, 4.69) is 98.2 Å². The monoisotopic (exact) mass is 906 g/mol. The van der Waals surface area contributed by atoms with E-state index >= 15 is 0 Å². The van der Waals surface area contributed by atoms with Crippen LogP contribution in [0.25, 0.3) is 55.6 Å². The van der Waals surface area contributed by atoms with E-state index in [0.29, 0.717) is 5.46 Å². The fourth-order valence-electron chi connectivity index (χ4n) is 8.97. The van der Waals surface area contributed by atoms with Gasteiger partial charge in [0.2, 0.25) is 0 Å². The number of hydrogen-bond acceptors (Lipinski definition) is 6. The molecule has 316 valence electrons. The number of nitrogens with zero attached hydrogens (tertiary/aromatic N) is 2. The van der Waals surface area contributed by atoms with Crippen LogP contribution in [0.1, 0.15) is 49.9 Å². The van der Waals surface area contributed by atoms with Gasteiger partial charge in [0.15, 0.2) is 0 Å². The maximum atomic E-state index is 11.4. The topological polar surface area (TPSA) is 127 Å². The van der Waals surface area contributed by atoms with Gasteiger partial charge in [0.25, 0.3) is 11.4 Å². The highest BCUT2D eigenvalue weighted by atomic mass is 79.9. The number of fused-ring (bicyclic) bond motifs is 6. The number of rotatable bonds is 6. The van der Waals surface area contributed by atoms with Gasteiger partial charge >= 0.3 is 7.12 Å². The third kappa shape index (κ3) is 8.31. The van der Waals surface area contributed by atoms with Crippen molar-refractivity contribution >= 4 is 39.9 Å². The average Bonchev–Trinajstić information content (AvgIpc) is 3.68. The maximum Gasteiger partial charge on any atom is 0.488 e. The molecule has 8 aromatic carbocycles. The summed E-state index contributed by atoms with van der Waals surface area (Å²) in [6, 6.07) is 58.5. The number of non-ortho nitro benzene ring substituents is 2. The van der Waals surface area contributed by atoms with Crippen molar-refractivity contribution in [3.63, 3.8) is 0 Å². The van der Waals surface area contributed by atoms with Crippen LogP contribution >= 0.6 is 15.9 Å². The Balaban J connectivity index is 0.000000141. The number of hydrogen-bond donors (Lipinski definition) is 2. The summed E-state index contributed by atoms with van der Waals surface area (Å²) in [5.74, 6) is 0. The fraction of sp³-hybridized carbons (Fsp3) is 0.111. The molecule has 0 aromatic heterocycles. The van der Waals surface area contributed by atoms with Crippen LogP contribution in [-0.4, -0.2) is 27.0 Å². The zero-order chi connectivity index (χ0) is 45.3. The van der Waals surface area contributed by atoms with E-state index in [4.69, 9.17) is 0 Å². The van der Waals surface area contributed by atoms with Crippen molar-refractivity contribution in [2.75, 3.05) is 0 Å². The Bertz CT molecular complexity index is 3060. The largest absolute Gasteiger partial charge is 0.488 e. The van der Waals surface area contributed by atoms with Gasteiger partial charge in [-0.15, -0.1) is 0 Å². The molecule has 0 saturated carbocycles. The summed E-state index contributed by atoms with van der Waals surface area (Å²) >= 11 is 3.39. The summed E-state index contributed by atoms with van der Waals surface area (Å²) in [6.45, 7) is 8.86. The molecule has 2 aliphatic carbocycles. The van der Waals surface area contributed by atoms with Crippen LogP contribution in [0.4, 0.5) is 11.4 Å². The van der Waals surface area contributed by atoms with Crippen LogP contribution in [0.3, 0.4) is 0 Å². The normalized spacial score (nSPS) is 13.1. The molecule has 0 saturated heterocycles. The van der Waals surface area contributed by atoms with Gasteiger partial charge < -0.3 is 10.0 Å². The molecule has 0 heterocycles. The molecule has 0 radical (unpaired) electrons. The van der Waals surface area contributed by atoms with Gasteiger partial charge in [-0.1, -0.05) is 183 Å². The van der Waals surface area contributed by atoms with E-state index in [0.717, 1.165) is 43.4 Å². The fourth-order valence-corrected chi connectivity index (χ4v) is 9.45. The molecule has 8 aromatic rings. The predicted octanol–water partition coefficient (Wildman–Crippen LogP) is 12.9. The Morgan fingerprint density at radius 3 is 1.38 bits per heavy atom. The minimum atomic E-state index is -1.41. The van der Waals surface area contributed by atoms with E-state index < -0.39 is 12.0 Å². The number of benzene rings is 8. The van der Waals surface area contributed by atoms with Crippen LogP contribution in [0, 0.1) is 20.2 Å². The van der Waals surface area contributed by atoms with E-state index in [1.165, 1.54) is 45.0 Å². The van der Waals surface area contributed by atoms with Crippen LogP contribution < -0.4 is 5.46 Å². The molecule has 2 aliphatic rings. The van der Waals surface area contributed by atoms with Gasteiger partial charge in [-0.2, -0.15) is 0 Å². The molecule has 0 unspecified atom stereocenters. The molecular formula is C54H44BBrN2O6. The van der Waals surface area contributed by atoms with Gasteiger partial charge in [-0.3, -0.25) is 20.2 Å². The Labute approximate surface area is 381 Å². The number of nitro groups is 2. The highest BCUT2D eigenvalue weighted by Crippen LogP contribution is 2.50. The van der Waals surface area contributed by atoms with Gasteiger partial charge in [0.05, 0.1) is 9.85 Å². The lowest BCUT2D eigenvalue weighted by atomic mass is 9.75. The second-order valence-corrected chi connectivity index (χ2v) is 17.8. The highest BCUT2D eigenvalue weighted by Gasteiger charge is 2.37. The molecule has 2 N–H and O–H groups in total. The van der Waals surface area contributed by atoms with Gasteiger partial charge in [0.1, 0.15) is 0 Å². The molecule has 10 rings (SSSR count). The van der Waals surface area contributed by atoms with E-state index in [1.807, 2.05) is 91.0 Å². The van der Waals surface area contributed by atoms with Gasteiger partial charge in [0, 0.05) is 45.1 Å². The average molecular weight is 908 g/mol. The van der Waals surface area contributed by atoms with Crippen molar-refractivity contribution in [2.24, 2.45) is 0 Å². The standard InChI is InChI=1S/C27H21NO2.C15H15BO2.C12H8BrNO2/c1-27(2)25-11-7-6-10-22(25)23-14-12-19(16-26(23)27)21-15-13-20(28(29)30)17-24(21)18-8-4-3-5-9-18;1-15(2)13-6-4-3-5-11(13)12-8-7-10(16(17)18)9-14(12)15;13-12-7-6-10(14(15)16)8-11(12)9-4-2-1-3-5-9/h3-17H,1-2H3;3-9,17-18H,1-2H3;1-8H. The smallest absolute Gasteiger partial charge is 0.423 e. The summed E-state index contributed by atoms with van der Waals surface area (Å²) in [4.78, 5) is 21.4. The third-order valence-electron chi connectivity index (χ3n) is 12.3. The lowest BCUT2D eigenvalue weighted by molar-refractivity contribution is -0.385. The summed E-state index contributed by atoms with van der Waals surface area (Å²) < 4.78 is 0.851. The third-order valence-corrected chi connectivity index (χ3v) is 13.0. The molecule has 64 heavy (non-hydrogen) atoms. The van der Waals surface area contributed by atoms with Crippen molar-refractivity contribution in [2.45, 2.75) is 38.5 Å². The van der Waals surface area contributed by atoms with E-state index in [-0.39, 0.29) is 27.1 Å². The first kappa shape index (κ1) is 43.7. The molecule has 0 spiro atoms. The summed E-state index contributed by atoms with van der Waals surface area (Å²) in [5, 5.41) is 40.7. The lowest BCUT2D eigenvalue weighted by Crippen LogP contribution is -2.31. The lowest BCUT2D eigenvalue weighted by Gasteiger charge is -2.22. The molecule has 0 bridgehead atoms. The van der Waals surface area contributed by atoms with Gasteiger partial charge in [-0.25, -0.2) is 0 Å². The Morgan fingerprint density at radius 2 is 0.844 bits per heavy atom. The Hall–Kier alpha value is -6.98. The minimum absolute atomic E-state index is 0.0865. The van der Waals surface area contributed by atoms with Crippen LogP contribution in [-0.2, 0) is 10.8 Å². The minimum Gasteiger partial charge on any atom is -0.423 e. The molecule has 0 fully saturated rings.